The van der Waals surface area contributed by atoms with Crippen molar-refractivity contribution in [2.24, 2.45) is 0 Å². The SMILES string of the molecule is Cc1cc(C(=O)CCC(=O)OCC(=O)NCCc2ccc(F)cc2)c(C)s1. The highest BCUT2D eigenvalue weighted by atomic mass is 32.1. The van der Waals surface area contributed by atoms with E-state index in [0.29, 0.717) is 18.5 Å². The minimum atomic E-state index is -0.582. The van der Waals surface area contributed by atoms with E-state index in [4.69, 9.17) is 4.74 Å². The van der Waals surface area contributed by atoms with Crippen LogP contribution in [-0.4, -0.2) is 30.8 Å². The molecule has 0 unspecified atom stereocenters. The number of amides is 1. The number of carbonyl (C=O) groups is 3. The van der Waals surface area contributed by atoms with Crippen molar-refractivity contribution in [3.63, 3.8) is 0 Å². The molecule has 0 fully saturated rings. The third-order valence-electron chi connectivity index (χ3n) is 3.91. The van der Waals surface area contributed by atoms with Gasteiger partial charge in [0.1, 0.15) is 5.82 Å². The number of benzene rings is 1. The molecule has 1 amide bonds. The van der Waals surface area contributed by atoms with Crippen LogP contribution in [-0.2, 0) is 20.7 Å². The van der Waals surface area contributed by atoms with Gasteiger partial charge < -0.3 is 10.1 Å². The number of carbonyl (C=O) groups excluding carboxylic acids is 3. The van der Waals surface area contributed by atoms with Gasteiger partial charge in [0.15, 0.2) is 12.4 Å². The van der Waals surface area contributed by atoms with Gasteiger partial charge >= 0.3 is 5.97 Å². The van der Waals surface area contributed by atoms with Crippen LogP contribution >= 0.6 is 11.3 Å². The van der Waals surface area contributed by atoms with Crippen LogP contribution in [0.2, 0.25) is 0 Å². The van der Waals surface area contributed by atoms with Crippen molar-refractivity contribution in [1.82, 2.24) is 5.32 Å². The first-order valence-corrected chi connectivity index (χ1v) is 9.44. The molecular weight excluding hydrogens is 369 g/mol. The summed E-state index contributed by atoms with van der Waals surface area (Å²) >= 11 is 1.54. The summed E-state index contributed by atoms with van der Waals surface area (Å²) in [6.07, 6.45) is 0.548. The molecule has 0 saturated heterocycles. The summed E-state index contributed by atoms with van der Waals surface area (Å²) in [5.41, 5.74) is 1.54. The quantitative estimate of drug-likeness (QED) is 0.525. The second-order valence-corrected chi connectivity index (χ2v) is 7.60. The Bertz CT molecular complexity index is 814. The number of esters is 1. The lowest BCUT2D eigenvalue weighted by molar-refractivity contribution is -0.148. The van der Waals surface area contributed by atoms with E-state index in [-0.39, 0.29) is 31.0 Å². The Kier molecular flexibility index (Phi) is 7.67. The zero-order valence-electron chi connectivity index (χ0n) is 15.3. The zero-order chi connectivity index (χ0) is 19.8. The van der Waals surface area contributed by atoms with Crippen molar-refractivity contribution in [2.45, 2.75) is 33.1 Å². The van der Waals surface area contributed by atoms with Crippen LogP contribution in [0, 0.1) is 19.7 Å². The molecule has 2 rings (SSSR count). The summed E-state index contributed by atoms with van der Waals surface area (Å²) < 4.78 is 17.7. The van der Waals surface area contributed by atoms with Crippen molar-refractivity contribution >= 4 is 29.0 Å². The minimum absolute atomic E-state index is 0.0576. The molecular formula is C20H22FNO4S. The number of hydrogen-bond donors (Lipinski definition) is 1. The molecule has 0 saturated carbocycles. The van der Waals surface area contributed by atoms with Crippen molar-refractivity contribution in [2.75, 3.05) is 13.2 Å². The molecule has 0 atom stereocenters. The molecule has 1 heterocycles. The van der Waals surface area contributed by atoms with Gasteiger partial charge in [-0.05, 0) is 44.0 Å². The number of halogens is 1. The number of Topliss-reactive ketones (excluding diaryl/α,β-unsaturated/α-hetero) is 1. The summed E-state index contributed by atoms with van der Waals surface area (Å²) in [5, 5.41) is 2.63. The Hall–Kier alpha value is -2.54. The molecule has 0 radical (unpaired) electrons. The first-order valence-electron chi connectivity index (χ1n) is 8.62. The van der Waals surface area contributed by atoms with E-state index < -0.39 is 11.9 Å². The van der Waals surface area contributed by atoms with Gasteiger partial charge in [0.05, 0.1) is 6.42 Å². The Labute approximate surface area is 161 Å². The number of nitrogens with one attached hydrogen (secondary N) is 1. The molecule has 144 valence electrons. The number of thiophene rings is 1. The third kappa shape index (κ3) is 6.94. The standard InChI is InChI=1S/C20H22FNO4S/c1-13-11-17(14(2)27-13)18(23)7-8-20(25)26-12-19(24)22-10-9-15-3-5-16(21)6-4-15/h3-6,11H,7-10,12H2,1-2H3,(H,22,24). The maximum absolute atomic E-state index is 12.8. The van der Waals surface area contributed by atoms with Gasteiger partial charge in [0.25, 0.3) is 5.91 Å². The first-order chi connectivity index (χ1) is 12.8. The molecule has 27 heavy (non-hydrogen) atoms. The van der Waals surface area contributed by atoms with Gasteiger partial charge in [-0.25, -0.2) is 4.39 Å². The molecule has 0 spiro atoms. The molecule has 1 aromatic heterocycles. The Balaban J connectivity index is 1.63. The summed E-state index contributed by atoms with van der Waals surface area (Å²) in [6.45, 7) is 3.78. The Morgan fingerprint density at radius 3 is 2.44 bits per heavy atom. The normalized spacial score (nSPS) is 10.5. The van der Waals surface area contributed by atoms with Crippen LogP contribution in [0.1, 0.15) is 38.5 Å². The number of hydrogen-bond acceptors (Lipinski definition) is 5. The van der Waals surface area contributed by atoms with E-state index in [0.717, 1.165) is 15.3 Å². The molecule has 1 aromatic carbocycles. The Morgan fingerprint density at radius 1 is 1.11 bits per heavy atom. The first kappa shape index (κ1) is 20.8. The van der Waals surface area contributed by atoms with Gasteiger partial charge in [-0.1, -0.05) is 12.1 Å². The van der Waals surface area contributed by atoms with Crippen molar-refractivity contribution in [1.29, 1.82) is 0 Å². The molecule has 1 N–H and O–H groups in total. The predicted molar refractivity (Wildman–Crippen MR) is 101 cm³/mol. The summed E-state index contributed by atoms with van der Waals surface area (Å²) in [5.74, 6) is -1.40. The second kappa shape index (κ2) is 9.97. The van der Waals surface area contributed by atoms with Crippen LogP contribution in [0.25, 0.3) is 0 Å². The van der Waals surface area contributed by atoms with E-state index in [1.54, 1.807) is 23.5 Å². The van der Waals surface area contributed by atoms with Gasteiger partial charge in [0.2, 0.25) is 0 Å². The van der Waals surface area contributed by atoms with E-state index in [2.05, 4.69) is 5.32 Å². The Morgan fingerprint density at radius 2 is 1.81 bits per heavy atom. The summed E-state index contributed by atoms with van der Waals surface area (Å²) in [7, 11) is 0. The van der Waals surface area contributed by atoms with E-state index in [1.165, 1.54) is 12.1 Å². The monoisotopic (exact) mass is 391 g/mol. The third-order valence-corrected chi connectivity index (χ3v) is 4.88. The van der Waals surface area contributed by atoms with Crippen LogP contribution in [0.5, 0.6) is 0 Å². The topological polar surface area (TPSA) is 72.5 Å². The molecule has 0 aliphatic carbocycles. The van der Waals surface area contributed by atoms with Crippen LogP contribution < -0.4 is 5.32 Å². The molecule has 0 aliphatic heterocycles. The smallest absolute Gasteiger partial charge is 0.306 e. The lowest BCUT2D eigenvalue weighted by Crippen LogP contribution is -2.30. The average molecular weight is 391 g/mol. The number of aryl methyl sites for hydroxylation is 2. The molecule has 7 heteroatoms. The number of rotatable bonds is 9. The van der Waals surface area contributed by atoms with Crippen molar-refractivity contribution in [3.8, 4) is 0 Å². The second-order valence-electron chi connectivity index (χ2n) is 6.14. The highest BCUT2D eigenvalue weighted by Crippen LogP contribution is 2.22. The fourth-order valence-electron chi connectivity index (χ4n) is 2.52. The van der Waals surface area contributed by atoms with Gasteiger partial charge in [0, 0.05) is 28.3 Å². The molecule has 5 nitrogen and oxygen atoms in total. The lowest BCUT2D eigenvalue weighted by atomic mass is 10.1. The molecule has 2 aromatic rings. The van der Waals surface area contributed by atoms with E-state index in [9.17, 15) is 18.8 Å². The van der Waals surface area contributed by atoms with E-state index >= 15 is 0 Å². The van der Waals surface area contributed by atoms with Crippen LogP contribution in [0.4, 0.5) is 4.39 Å². The highest BCUT2D eigenvalue weighted by molar-refractivity contribution is 7.12. The maximum Gasteiger partial charge on any atom is 0.306 e. The molecule has 0 aliphatic rings. The lowest BCUT2D eigenvalue weighted by Gasteiger charge is -2.07. The largest absolute Gasteiger partial charge is 0.456 e. The van der Waals surface area contributed by atoms with Crippen LogP contribution in [0.3, 0.4) is 0 Å². The minimum Gasteiger partial charge on any atom is -0.456 e. The van der Waals surface area contributed by atoms with Crippen molar-refractivity contribution < 1.29 is 23.5 Å². The number of ether oxygens (including phenoxy) is 1. The maximum atomic E-state index is 12.8. The summed E-state index contributed by atoms with van der Waals surface area (Å²) in [4.78, 5) is 37.5. The highest BCUT2D eigenvalue weighted by Gasteiger charge is 2.15. The van der Waals surface area contributed by atoms with Gasteiger partial charge in [-0.3, -0.25) is 14.4 Å². The fraction of sp³-hybridized carbons (Fsp3) is 0.350. The summed E-state index contributed by atoms with van der Waals surface area (Å²) in [6, 6.07) is 7.84. The van der Waals surface area contributed by atoms with Crippen molar-refractivity contribution in [3.05, 3.63) is 57.0 Å². The van der Waals surface area contributed by atoms with Gasteiger partial charge in [-0.15, -0.1) is 11.3 Å². The number of ketones is 1. The fourth-order valence-corrected chi connectivity index (χ4v) is 3.47. The molecule has 0 bridgehead atoms. The predicted octanol–water partition coefficient (Wildman–Crippen LogP) is 3.37. The van der Waals surface area contributed by atoms with E-state index in [1.807, 2.05) is 19.9 Å². The average Bonchev–Trinajstić information content (AvgIpc) is 2.98. The zero-order valence-corrected chi connectivity index (χ0v) is 16.2. The van der Waals surface area contributed by atoms with Crippen LogP contribution in [0.15, 0.2) is 30.3 Å². The van der Waals surface area contributed by atoms with Gasteiger partial charge in [-0.2, -0.15) is 0 Å².